The molecule has 0 aromatic carbocycles. The highest BCUT2D eigenvalue weighted by atomic mass is 32.1. The Balaban J connectivity index is 3.10. The minimum Gasteiger partial charge on any atom is -0.481 e. The fraction of sp³-hybridized carbons (Fsp3) is 0.600. The Labute approximate surface area is 58.5 Å². The van der Waals surface area contributed by atoms with Gasteiger partial charge in [0.15, 0.2) is 5.12 Å². The molecule has 0 amide bonds. The Kier molecular flexibility index (Phi) is 4.13. The molecule has 52 valence electrons. The number of carbonyl (C=O) groups excluding carboxylic acids is 1. The molecule has 0 aliphatic carbocycles. The maximum Gasteiger partial charge on any atom is 0.303 e. The number of rotatable bonds is 4. The van der Waals surface area contributed by atoms with E-state index in [0.29, 0.717) is 6.42 Å². The van der Waals surface area contributed by atoms with Crippen molar-refractivity contribution in [3.8, 4) is 0 Å². The van der Waals surface area contributed by atoms with Gasteiger partial charge in [0.1, 0.15) is 0 Å². The molecule has 0 heterocycles. The van der Waals surface area contributed by atoms with Gasteiger partial charge in [-0.25, -0.2) is 0 Å². The quantitative estimate of drug-likeness (QED) is 0.577. The lowest BCUT2D eigenvalue weighted by atomic mass is 10.2. The largest absolute Gasteiger partial charge is 0.481 e. The van der Waals surface area contributed by atoms with Crippen LogP contribution in [0.4, 0.5) is 0 Å². The average Bonchev–Trinajstić information content (AvgIpc) is 1.63. The highest BCUT2D eigenvalue weighted by Crippen LogP contribution is 1.97. The van der Waals surface area contributed by atoms with E-state index in [1.807, 2.05) is 0 Å². The fourth-order valence-electron chi connectivity index (χ4n) is 0.391. The van der Waals surface area contributed by atoms with Crippen molar-refractivity contribution in [3.63, 3.8) is 0 Å². The lowest BCUT2D eigenvalue weighted by molar-refractivity contribution is -0.137. The van der Waals surface area contributed by atoms with Crippen LogP contribution in [0, 0.1) is 0 Å². The van der Waals surface area contributed by atoms with Gasteiger partial charge in [-0.1, -0.05) is 0 Å². The smallest absolute Gasteiger partial charge is 0.303 e. The van der Waals surface area contributed by atoms with Crippen molar-refractivity contribution in [1.29, 1.82) is 0 Å². The summed E-state index contributed by atoms with van der Waals surface area (Å²) in [6, 6.07) is 0. The minimum atomic E-state index is -0.871. The van der Waals surface area contributed by atoms with Crippen LogP contribution < -0.4 is 0 Å². The van der Waals surface area contributed by atoms with Gasteiger partial charge < -0.3 is 5.11 Å². The van der Waals surface area contributed by atoms with Crippen LogP contribution in [0.2, 0.25) is 0 Å². The van der Waals surface area contributed by atoms with Crippen LogP contribution >= 0.6 is 12.6 Å². The Bertz CT molecular complexity index is 107. The van der Waals surface area contributed by atoms with Crippen molar-refractivity contribution >= 4 is 23.7 Å². The summed E-state index contributed by atoms with van der Waals surface area (Å²) in [5, 5.41) is 7.84. The second-order valence-electron chi connectivity index (χ2n) is 1.64. The van der Waals surface area contributed by atoms with E-state index in [1.54, 1.807) is 0 Å². The van der Waals surface area contributed by atoms with Crippen LogP contribution in [0.3, 0.4) is 0 Å². The monoisotopic (exact) mass is 148 g/mol. The minimum absolute atomic E-state index is 0.0479. The molecule has 4 heteroatoms. The second-order valence-corrected chi connectivity index (χ2v) is 2.14. The van der Waals surface area contributed by atoms with E-state index in [0.717, 1.165) is 0 Å². The molecule has 0 aromatic rings. The zero-order chi connectivity index (χ0) is 7.28. The first-order valence-corrected chi connectivity index (χ1v) is 3.01. The first-order valence-electron chi connectivity index (χ1n) is 2.56. The van der Waals surface area contributed by atoms with Crippen LogP contribution in [-0.4, -0.2) is 16.2 Å². The SMILES string of the molecule is O=C(O)CCCC(=O)S. The molecular weight excluding hydrogens is 140 g/mol. The van der Waals surface area contributed by atoms with Gasteiger partial charge in [0.05, 0.1) is 0 Å². The molecule has 0 radical (unpaired) electrons. The first-order chi connectivity index (χ1) is 4.13. The van der Waals surface area contributed by atoms with Gasteiger partial charge in [0.25, 0.3) is 0 Å². The van der Waals surface area contributed by atoms with Gasteiger partial charge in [-0.15, -0.1) is 12.6 Å². The third-order valence-electron chi connectivity index (χ3n) is 0.781. The van der Waals surface area contributed by atoms with Crippen LogP contribution in [0.5, 0.6) is 0 Å². The van der Waals surface area contributed by atoms with E-state index < -0.39 is 5.97 Å². The maximum absolute atomic E-state index is 10.1. The van der Waals surface area contributed by atoms with Gasteiger partial charge in [-0.05, 0) is 6.42 Å². The molecule has 0 unspecified atom stereocenters. The number of hydrogen-bond acceptors (Lipinski definition) is 2. The number of carbonyl (C=O) groups is 2. The third-order valence-corrected chi connectivity index (χ3v) is 1.00. The zero-order valence-corrected chi connectivity index (χ0v) is 5.73. The summed E-state index contributed by atoms with van der Waals surface area (Å²) in [5.74, 6) is -0.871. The molecule has 0 bridgehead atoms. The van der Waals surface area contributed by atoms with Gasteiger partial charge in [-0.2, -0.15) is 0 Å². The van der Waals surface area contributed by atoms with Gasteiger partial charge in [0.2, 0.25) is 0 Å². The number of carboxylic acid groups (broad SMARTS) is 1. The standard InChI is InChI=1S/C5H8O3S/c6-4(7)2-1-3-5(8)9/h1-3H2,(H,6,7)(H,8,9). The number of carboxylic acids is 1. The van der Waals surface area contributed by atoms with Crippen molar-refractivity contribution in [2.24, 2.45) is 0 Å². The summed E-state index contributed by atoms with van der Waals surface area (Å²) in [6.45, 7) is 0. The van der Waals surface area contributed by atoms with Crippen LogP contribution in [0.15, 0.2) is 0 Å². The lowest BCUT2D eigenvalue weighted by Gasteiger charge is -1.89. The molecular formula is C5H8O3S. The topological polar surface area (TPSA) is 54.4 Å². The van der Waals surface area contributed by atoms with E-state index in [4.69, 9.17) is 5.11 Å². The van der Waals surface area contributed by atoms with Crippen molar-refractivity contribution in [3.05, 3.63) is 0 Å². The van der Waals surface area contributed by atoms with Crippen molar-refractivity contribution in [1.82, 2.24) is 0 Å². The van der Waals surface area contributed by atoms with E-state index in [9.17, 15) is 9.59 Å². The summed E-state index contributed by atoms with van der Waals surface area (Å²) in [7, 11) is 0. The van der Waals surface area contributed by atoms with Gasteiger partial charge >= 0.3 is 5.97 Å². The van der Waals surface area contributed by atoms with Crippen LogP contribution in [-0.2, 0) is 9.59 Å². The summed E-state index contributed by atoms with van der Waals surface area (Å²) in [4.78, 5) is 19.9. The van der Waals surface area contributed by atoms with E-state index in [-0.39, 0.29) is 18.0 Å². The fourth-order valence-corrected chi connectivity index (χ4v) is 0.549. The zero-order valence-electron chi connectivity index (χ0n) is 4.83. The van der Waals surface area contributed by atoms with E-state index >= 15 is 0 Å². The molecule has 9 heavy (non-hydrogen) atoms. The molecule has 1 N–H and O–H groups in total. The molecule has 0 rings (SSSR count). The highest BCUT2D eigenvalue weighted by molar-refractivity contribution is 7.96. The summed E-state index contributed by atoms with van der Waals surface area (Å²) in [5.41, 5.74) is 0. The maximum atomic E-state index is 10.1. The predicted molar refractivity (Wildman–Crippen MR) is 35.5 cm³/mol. The Hall–Kier alpha value is -0.510. The van der Waals surface area contributed by atoms with E-state index in [2.05, 4.69) is 12.6 Å². The molecule has 3 nitrogen and oxygen atoms in total. The Morgan fingerprint density at radius 3 is 2.22 bits per heavy atom. The van der Waals surface area contributed by atoms with Crippen LogP contribution in [0.25, 0.3) is 0 Å². The Morgan fingerprint density at radius 1 is 1.33 bits per heavy atom. The first kappa shape index (κ1) is 8.49. The normalized spacial score (nSPS) is 9.00. The number of hydrogen-bond donors (Lipinski definition) is 2. The molecule has 0 saturated carbocycles. The summed E-state index contributed by atoms with van der Waals surface area (Å²) in [6.07, 6.45) is 0.680. The molecule has 0 fully saturated rings. The van der Waals surface area contributed by atoms with Gasteiger partial charge in [0, 0.05) is 12.8 Å². The number of aliphatic carboxylic acids is 1. The molecule has 0 spiro atoms. The van der Waals surface area contributed by atoms with Crippen molar-refractivity contribution < 1.29 is 14.7 Å². The molecule has 0 aliphatic heterocycles. The lowest BCUT2D eigenvalue weighted by Crippen LogP contribution is -1.95. The van der Waals surface area contributed by atoms with Crippen molar-refractivity contribution in [2.45, 2.75) is 19.3 Å². The molecule has 0 aliphatic rings. The summed E-state index contributed by atoms with van der Waals surface area (Å²) >= 11 is 3.47. The summed E-state index contributed by atoms with van der Waals surface area (Å²) < 4.78 is 0. The average molecular weight is 148 g/mol. The van der Waals surface area contributed by atoms with Crippen LogP contribution in [0.1, 0.15) is 19.3 Å². The van der Waals surface area contributed by atoms with Crippen molar-refractivity contribution in [2.75, 3.05) is 0 Å². The molecule has 0 saturated heterocycles. The Morgan fingerprint density at radius 2 is 1.89 bits per heavy atom. The molecule has 0 aromatic heterocycles. The predicted octanol–water partition coefficient (Wildman–Crippen LogP) is 0.698. The number of thiol groups is 1. The highest BCUT2D eigenvalue weighted by Gasteiger charge is 1.98. The van der Waals surface area contributed by atoms with Gasteiger partial charge in [-0.3, -0.25) is 9.59 Å². The van der Waals surface area contributed by atoms with E-state index in [1.165, 1.54) is 0 Å². The molecule has 0 atom stereocenters. The third kappa shape index (κ3) is 7.49. The second kappa shape index (κ2) is 4.38.